The molecule has 0 amide bonds. The maximum atomic E-state index is 12.5. The minimum absolute atomic E-state index is 0.209. The molecule has 0 saturated heterocycles. The van der Waals surface area contributed by atoms with E-state index in [4.69, 9.17) is 0 Å². The Balaban J connectivity index is 2.64. The second-order valence-corrected chi connectivity index (χ2v) is 4.81. The highest BCUT2D eigenvalue weighted by atomic mass is 19.4. The molecule has 110 valence electrons. The highest BCUT2D eigenvalue weighted by Gasteiger charge is 2.30. The summed E-state index contributed by atoms with van der Waals surface area (Å²) in [7, 11) is 1.72. The standard InChI is InChI=1S/C12H21F3N4/c1-10(2)19-6-4-11(17-19)8-18(7-5-16-3)9-12(13,14)15/h4,6,10,16H,5,7-9H2,1-3H3. The number of hydrogen-bond donors (Lipinski definition) is 1. The summed E-state index contributed by atoms with van der Waals surface area (Å²) in [6, 6.07) is 1.98. The lowest BCUT2D eigenvalue weighted by atomic mass is 10.3. The summed E-state index contributed by atoms with van der Waals surface area (Å²) < 4.78 is 39.2. The lowest BCUT2D eigenvalue weighted by Gasteiger charge is -2.22. The molecule has 0 aliphatic carbocycles. The van der Waals surface area contributed by atoms with Crippen molar-refractivity contribution in [3.63, 3.8) is 0 Å². The number of alkyl halides is 3. The third-order valence-corrected chi connectivity index (χ3v) is 2.66. The molecule has 1 N–H and O–H groups in total. The molecule has 1 heterocycles. The Morgan fingerprint density at radius 3 is 2.58 bits per heavy atom. The Labute approximate surface area is 111 Å². The van der Waals surface area contributed by atoms with Crippen molar-refractivity contribution in [1.29, 1.82) is 0 Å². The molecule has 0 aliphatic rings. The van der Waals surface area contributed by atoms with Gasteiger partial charge in [-0.2, -0.15) is 18.3 Å². The molecule has 0 fully saturated rings. The first kappa shape index (κ1) is 16.0. The largest absolute Gasteiger partial charge is 0.401 e. The normalized spacial score (nSPS) is 12.6. The number of hydrogen-bond acceptors (Lipinski definition) is 3. The fourth-order valence-corrected chi connectivity index (χ4v) is 1.72. The molecule has 0 aliphatic heterocycles. The van der Waals surface area contributed by atoms with Crippen LogP contribution in [-0.4, -0.2) is 47.5 Å². The van der Waals surface area contributed by atoms with Gasteiger partial charge in [0.25, 0.3) is 0 Å². The first-order valence-corrected chi connectivity index (χ1v) is 6.29. The molecule has 4 nitrogen and oxygen atoms in total. The minimum Gasteiger partial charge on any atom is -0.318 e. The third-order valence-electron chi connectivity index (χ3n) is 2.66. The zero-order valence-electron chi connectivity index (χ0n) is 11.5. The van der Waals surface area contributed by atoms with Gasteiger partial charge in [0.05, 0.1) is 12.2 Å². The topological polar surface area (TPSA) is 33.1 Å². The minimum atomic E-state index is -4.19. The van der Waals surface area contributed by atoms with Crippen LogP contribution in [0.3, 0.4) is 0 Å². The zero-order chi connectivity index (χ0) is 14.5. The van der Waals surface area contributed by atoms with Crippen molar-refractivity contribution < 1.29 is 13.2 Å². The summed E-state index contributed by atoms with van der Waals surface area (Å²) in [5.74, 6) is 0. The van der Waals surface area contributed by atoms with E-state index in [0.717, 1.165) is 0 Å². The number of aromatic nitrogens is 2. The van der Waals surface area contributed by atoms with Crippen molar-refractivity contribution in [3.8, 4) is 0 Å². The maximum Gasteiger partial charge on any atom is 0.401 e. The molecule has 0 atom stereocenters. The van der Waals surface area contributed by atoms with E-state index in [2.05, 4.69) is 10.4 Å². The predicted octanol–water partition coefficient (Wildman–Crippen LogP) is 2.05. The van der Waals surface area contributed by atoms with Gasteiger partial charge in [0.1, 0.15) is 0 Å². The van der Waals surface area contributed by atoms with Crippen LogP contribution < -0.4 is 5.32 Å². The van der Waals surface area contributed by atoms with Crippen LogP contribution in [0.15, 0.2) is 12.3 Å². The average molecular weight is 278 g/mol. The summed E-state index contributed by atoms with van der Waals surface area (Å²) in [5, 5.41) is 7.13. The third kappa shape index (κ3) is 6.07. The van der Waals surface area contributed by atoms with Crippen LogP contribution in [0.4, 0.5) is 13.2 Å². The van der Waals surface area contributed by atoms with Gasteiger partial charge in [0.15, 0.2) is 0 Å². The Morgan fingerprint density at radius 2 is 2.11 bits per heavy atom. The van der Waals surface area contributed by atoms with E-state index in [1.165, 1.54) is 4.90 Å². The van der Waals surface area contributed by atoms with Gasteiger partial charge in [0.2, 0.25) is 0 Å². The fraction of sp³-hybridized carbons (Fsp3) is 0.750. The lowest BCUT2D eigenvalue weighted by Crippen LogP contribution is -2.37. The highest BCUT2D eigenvalue weighted by Crippen LogP contribution is 2.17. The van der Waals surface area contributed by atoms with Gasteiger partial charge < -0.3 is 5.32 Å². The Kier molecular flexibility index (Phi) is 5.81. The van der Waals surface area contributed by atoms with E-state index in [0.29, 0.717) is 18.8 Å². The summed E-state index contributed by atoms with van der Waals surface area (Å²) in [4.78, 5) is 1.35. The number of nitrogens with one attached hydrogen (secondary N) is 1. The van der Waals surface area contributed by atoms with E-state index in [9.17, 15) is 13.2 Å². The fourth-order valence-electron chi connectivity index (χ4n) is 1.72. The van der Waals surface area contributed by atoms with Gasteiger partial charge in [0, 0.05) is 31.9 Å². The van der Waals surface area contributed by atoms with Crippen molar-refractivity contribution >= 4 is 0 Å². The summed E-state index contributed by atoms with van der Waals surface area (Å²) in [6.07, 6.45) is -2.39. The molecular formula is C12H21F3N4. The van der Waals surface area contributed by atoms with Crippen LogP contribution in [0.2, 0.25) is 0 Å². The van der Waals surface area contributed by atoms with Crippen LogP contribution in [0, 0.1) is 0 Å². The van der Waals surface area contributed by atoms with Gasteiger partial charge in [-0.25, -0.2) is 0 Å². The molecule has 7 heteroatoms. The quantitative estimate of drug-likeness (QED) is 0.828. The first-order valence-electron chi connectivity index (χ1n) is 6.29. The molecule has 0 spiro atoms. The molecule has 1 rings (SSSR count). The van der Waals surface area contributed by atoms with Crippen molar-refractivity contribution in [2.24, 2.45) is 0 Å². The average Bonchev–Trinajstić information content (AvgIpc) is 2.72. The van der Waals surface area contributed by atoms with Crippen LogP contribution in [0.25, 0.3) is 0 Å². The van der Waals surface area contributed by atoms with Crippen molar-refractivity contribution in [1.82, 2.24) is 20.0 Å². The summed E-state index contributed by atoms with van der Waals surface area (Å²) >= 11 is 0. The molecule has 1 aromatic heterocycles. The molecule has 19 heavy (non-hydrogen) atoms. The van der Waals surface area contributed by atoms with Crippen LogP contribution in [0.5, 0.6) is 0 Å². The first-order chi connectivity index (χ1) is 8.81. The van der Waals surface area contributed by atoms with E-state index in [1.54, 1.807) is 24.0 Å². The summed E-state index contributed by atoms with van der Waals surface area (Å²) in [5.41, 5.74) is 0.661. The Morgan fingerprint density at radius 1 is 1.42 bits per heavy atom. The van der Waals surface area contributed by atoms with Gasteiger partial charge in [-0.05, 0) is 27.0 Å². The van der Waals surface area contributed by atoms with E-state index < -0.39 is 12.7 Å². The van der Waals surface area contributed by atoms with Crippen LogP contribution in [0.1, 0.15) is 25.6 Å². The second kappa shape index (κ2) is 6.91. The number of halogens is 3. The molecule has 0 saturated carbocycles. The SMILES string of the molecule is CNCCN(Cc1ccn(C(C)C)n1)CC(F)(F)F. The second-order valence-electron chi connectivity index (χ2n) is 4.81. The lowest BCUT2D eigenvalue weighted by molar-refractivity contribution is -0.147. The monoisotopic (exact) mass is 278 g/mol. The molecule has 0 unspecified atom stereocenters. The van der Waals surface area contributed by atoms with Crippen molar-refractivity contribution in [2.45, 2.75) is 32.6 Å². The summed E-state index contributed by atoms with van der Waals surface area (Å²) in [6.45, 7) is 4.10. The molecule has 1 aromatic rings. The number of likely N-dealkylation sites (N-methyl/N-ethyl adjacent to an activating group) is 1. The van der Waals surface area contributed by atoms with Gasteiger partial charge in [-0.3, -0.25) is 9.58 Å². The van der Waals surface area contributed by atoms with Crippen LogP contribution in [-0.2, 0) is 6.54 Å². The van der Waals surface area contributed by atoms with Gasteiger partial charge in [-0.1, -0.05) is 0 Å². The van der Waals surface area contributed by atoms with Crippen molar-refractivity contribution in [3.05, 3.63) is 18.0 Å². The molecule has 0 aromatic carbocycles. The number of rotatable bonds is 7. The Bertz CT molecular complexity index is 373. The zero-order valence-corrected chi connectivity index (χ0v) is 11.5. The molecule has 0 bridgehead atoms. The maximum absolute atomic E-state index is 12.5. The smallest absolute Gasteiger partial charge is 0.318 e. The molecule has 0 radical (unpaired) electrons. The number of nitrogens with zero attached hydrogens (tertiary/aromatic N) is 3. The Hall–Kier alpha value is -1.08. The highest BCUT2D eigenvalue weighted by molar-refractivity contribution is 4.99. The van der Waals surface area contributed by atoms with Gasteiger partial charge >= 0.3 is 6.18 Å². The molecular weight excluding hydrogens is 257 g/mol. The van der Waals surface area contributed by atoms with E-state index in [-0.39, 0.29) is 12.6 Å². The van der Waals surface area contributed by atoms with Gasteiger partial charge in [-0.15, -0.1) is 0 Å². The predicted molar refractivity (Wildman–Crippen MR) is 67.9 cm³/mol. The van der Waals surface area contributed by atoms with Crippen LogP contribution >= 0.6 is 0 Å². The van der Waals surface area contributed by atoms with Crippen molar-refractivity contribution in [2.75, 3.05) is 26.7 Å². The van der Waals surface area contributed by atoms with E-state index in [1.807, 2.05) is 13.8 Å². The van der Waals surface area contributed by atoms with E-state index >= 15 is 0 Å².